The van der Waals surface area contributed by atoms with E-state index in [4.69, 9.17) is 11.6 Å². The normalized spacial score (nSPS) is 19.7. The minimum absolute atomic E-state index is 0.0861. The Balaban J connectivity index is 2.18. The Morgan fingerprint density at radius 2 is 2.18 bits per heavy atom. The van der Waals surface area contributed by atoms with Crippen LogP contribution in [-0.4, -0.2) is 33.2 Å². The molecule has 2 rings (SSSR count). The molecule has 7 nitrogen and oxygen atoms in total. The van der Waals surface area contributed by atoms with Gasteiger partial charge in [0.2, 0.25) is 11.9 Å². The van der Waals surface area contributed by atoms with Gasteiger partial charge in [-0.2, -0.15) is 0 Å². The zero-order chi connectivity index (χ0) is 12.4. The fourth-order valence-corrected chi connectivity index (χ4v) is 1.83. The maximum atomic E-state index is 11.6. The van der Waals surface area contributed by atoms with Crippen molar-refractivity contribution in [3.05, 3.63) is 22.5 Å². The van der Waals surface area contributed by atoms with E-state index >= 15 is 0 Å². The first kappa shape index (κ1) is 11.7. The molecule has 1 atom stereocenters. The summed E-state index contributed by atoms with van der Waals surface area (Å²) in [5.74, 6) is 0.565. The smallest absolute Gasteiger partial charge is 0.280 e. The zero-order valence-electron chi connectivity index (χ0n) is 8.74. The average molecular weight is 257 g/mol. The number of hydrogen-bond donors (Lipinski definition) is 0. The van der Waals surface area contributed by atoms with Crippen LogP contribution in [0.1, 0.15) is 6.42 Å². The summed E-state index contributed by atoms with van der Waals surface area (Å²) in [5.41, 5.74) is -0.200. The number of aromatic nitrogens is 2. The Labute approximate surface area is 102 Å². The number of anilines is 1. The Kier molecular flexibility index (Phi) is 3.19. The lowest BCUT2D eigenvalue weighted by Gasteiger charge is -2.12. The maximum absolute atomic E-state index is 11.6. The van der Waals surface area contributed by atoms with Crippen LogP contribution in [0.25, 0.3) is 0 Å². The lowest BCUT2D eigenvalue weighted by molar-refractivity contribution is -0.385. The molecule has 0 saturated carbocycles. The Morgan fingerprint density at radius 1 is 1.53 bits per heavy atom. The van der Waals surface area contributed by atoms with Crippen molar-refractivity contribution in [2.45, 2.75) is 6.42 Å². The number of rotatable bonds is 3. The van der Waals surface area contributed by atoms with E-state index in [1.807, 2.05) is 0 Å². The van der Waals surface area contributed by atoms with Crippen molar-refractivity contribution < 1.29 is 9.72 Å². The predicted octanol–water partition coefficient (Wildman–Crippen LogP) is 0.976. The molecule has 0 radical (unpaired) electrons. The van der Waals surface area contributed by atoms with Gasteiger partial charge < -0.3 is 0 Å². The quantitative estimate of drug-likeness (QED) is 0.457. The number of carbonyl (C=O) groups excluding carboxylic acids is 1. The van der Waals surface area contributed by atoms with Gasteiger partial charge in [0.1, 0.15) is 12.4 Å². The van der Waals surface area contributed by atoms with E-state index in [0.717, 1.165) is 12.4 Å². The monoisotopic (exact) mass is 256 g/mol. The van der Waals surface area contributed by atoms with Gasteiger partial charge in [0.15, 0.2) is 0 Å². The number of amides is 1. The minimum Gasteiger partial charge on any atom is -0.280 e. The van der Waals surface area contributed by atoms with Crippen molar-refractivity contribution in [2.75, 3.05) is 17.3 Å². The number of carbonyl (C=O) groups is 1. The van der Waals surface area contributed by atoms with Crippen LogP contribution in [0, 0.1) is 16.0 Å². The largest absolute Gasteiger partial charge is 0.305 e. The topological polar surface area (TPSA) is 89.2 Å². The maximum Gasteiger partial charge on any atom is 0.305 e. The van der Waals surface area contributed by atoms with E-state index in [-0.39, 0.29) is 23.5 Å². The molecule has 1 fully saturated rings. The first-order valence-electron chi connectivity index (χ1n) is 4.94. The summed E-state index contributed by atoms with van der Waals surface area (Å²) in [7, 11) is 0. The number of nitro groups is 1. The first-order valence-corrected chi connectivity index (χ1v) is 5.48. The van der Waals surface area contributed by atoms with E-state index in [0.29, 0.717) is 18.8 Å². The lowest BCUT2D eigenvalue weighted by Crippen LogP contribution is -2.26. The van der Waals surface area contributed by atoms with Gasteiger partial charge in [0.05, 0.1) is 4.92 Å². The van der Waals surface area contributed by atoms with Crippen molar-refractivity contribution in [1.29, 1.82) is 0 Å². The third-order valence-electron chi connectivity index (χ3n) is 2.50. The summed E-state index contributed by atoms with van der Waals surface area (Å²) in [5, 5.41) is 10.4. The van der Waals surface area contributed by atoms with Gasteiger partial charge in [-0.15, -0.1) is 11.6 Å². The van der Waals surface area contributed by atoms with Crippen LogP contribution in [-0.2, 0) is 4.79 Å². The van der Waals surface area contributed by atoms with Crippen LogP contribution in [0.15, 0.2) is 12.4 Å². The third kappa shape index (κ3) is 2.33. The van der Waals surface area contributed by atoms with Crippen molar-refractivity contribution in [3.63, 3.8) is 0 Å². The Hall–Kier alpha value is -1.76. The second-order valence-corrected chi connectivity index (χ2v) is 4.04. The second-order valence-electron chi connectivity index (χ2n) is 3.73. The number of halogens is 1. The van der Waals surface area contributed by atoms with Crippen LogP contribution in [0.5, 0.6) is 0 Å². The highest BCUT2D eigenvalue weighted by Crippen LogP contribution is 2.23. The molecule has 1 amide bonds. The van der Waals surface area contributed by atoms with Crippen molar-refractivity contribution >= 4 is 29.1 Å². The summed E-state index contributed by atoms with van der Waals surface area (Å²) in [6.45, 7) is 0.458. The summed E-state index contributed by atoms with van der Waals surface area (Å²) in [6, 6.07) is 0. The molecule has 2 heterocycles. The third-order valence-corrected chi connectivity index (χ3v) is 2.94. The Morgan fingerprint density at radius 3 is 2.65 bits per heavy atom. The van der Waals surface area contributed by atoms with Gasteiger partial charge in [-0.05, 0) is 5.92 Å². The number of hydrogen-bond acceptors (Lipinski definition) is 5. The van der Waals surface area contributed by atoms with Crippen LogP contribution < -0.4 is 4.90 Å². The van der Waals surface area contributed by atoms with Crippen LogP contribution in [0.2, 0.25) is 0 Å². The minimum atomic E-state index is -0.586. The molecule has 0 N–H and O–H groups in total. The van der Waals surface area contributed by atoms with E-state index in [1.54, 1.807) is 0 Å². The van der Waals surface area contributed by atoms with Crippen LogP contribution in [0.3, 0.4) is 0 Å². The summed E-state index contributed by atoms with van der Waals surface area (Å²) < 4.78 is 0. The second kappa shape index (κ2) is 4.62. The molecular formula is C9H9ClN4O3. The SMILES string of the molecule is O=C1CC(CCl)CN1c1ncc([N+](=O)[O-])cn1. The van der Waals surface area contributed by atoms with Gasteiger partial charge >= 0.3 is 5.69 Å². The van der Waals surface area contributed by atoms with Gasteiger partial charge in [0, 0.05) is 18.8 Å². The summed E-state index contributed by atoms with van der Waals surface area (Å²) >= 11 is 5.68. The summed E-state index contributed by atoms with van der Waals surface area (Å²) in [4.78, 5) is 30.5. The molecule has 17 heavy (non-hydrogen) atoms. The van der Waals surface area contributed by atoms with E-state index in [9.17, 15) is 14.9 Å². The number of alkyl halides is 1. The van der Waals surface area contributed by atoms with Gasteiger partial charge in [-0.1, -0.05) is 0 Å². The predicted molar refractivity (Wildman–Crippen MR) is 59.9 cm³/mol. The zero-order valence-corrected chi connectivity index (χ0v) is 9.50. The molecule has 1 aliphatic heterocycles. The fourth-order valence-electron chi connectivity index (χ4n) is 1.63. The van der Waals surface area contributed by atoms with Gasteiger partial charge in [0.25, 0.3) is 0 Å². The van der Waals surface area contributed by atoms with Gasteiger partial charge in [-0.25, -0.2) is 9.97 Å². The molecule has 1 aliphatic rings. The molecule has 0 bridgehead atoms. The molecule has 1 saturated heterocycles. The highest BCUT2D eigenvalue weighted by Gasteiger charge is 2.31. The standard InChI is InChI=1S/C9H9ClN4O3/c10-2-6-1-8(15)13(5-6)9-11-3-7(4-12-9)14(16)17/h3-4,6H,1-2,5H2. The molecular weight excluding hydrogens is 248 g/mol. The molecule has 1 aromatic rings. The average Bonchev–Trinajstić information content (AvgIpc) is 2.71. The fraction of sp³-hybridized carbons (Fsp3) is 0.444. The molecule has 8 heteroatoms. The molecule has 0 aromatic carbocycles. The van der Waals surface area contributed by atoms with Crippen LogP contribution >= 0.6 is 11.6 Å². The molecule has 1 aromatic heterocycles. The van der Waals surface area contributed by atoms with Crippen molar-refractivity contribution in [1.82, 2.24) is 9.97 Å². The van der Waals surface area contributed by atoms with Crippen LogP contribution in [0.4, 0.5) is 11.6 Å². The van der Waals surface area contributed by atoms with E-state index in [1.165, 1.54) is 4.90 Å². The van der Waals surface area contributed by atoms with Crippen molar-refractivity contribution in [3.8, 4) is 0 Å². The first-order chi connectivity index (χ1) is 8.11. The highest BCUT2D eigenvalue weighted by atomic mass is 35.5. The molecule has 0 spiro atoms. The van der Waals surface area contributed by atoms with Gasteiger partial charge in [-0.3, -0.25) is 19.8 Å². The molecule has 1 unspecified atom stereocenters. The van der Waals surface area contributed by atoms with Crippen molar-refractivity contribution in [2.24, 2.45) is 5.92 Å². The number of nitrogens with zero attached hydrogens (tertiary/aromatic N) is 4. The summed E-state index contributed by atoms with van der Waals surface area (Å²) in [6.07, 6.45) is 2.54. The molecule has 90 valence electrons. The van der Waals surface area contributed by atoms with E-state index < -0.39 is 4.92 Å². The Bertz CT molecular complexity index is 450. The highest BCUT2D eigenvalue weighted by molar-refractivity contribution is 6.18. The van der Waals surface area contributed by atoms with E-state index in [2.05, 4.69) is 9.97 Å². The lowest BCUT2D eigenvalue weighted by atomic mass is 10.2. The molecule has 0 aliphatic carbocycles.